The van der Waals surface area contributed by atoms with Crippen LogP contribution in [0.5, 0.6) is 0 Å². The second-order valence-electron chi connectivity index (χ2n) is 14.3. The lowest BCUT2D eigenvalue weighted by Crippen LogP contribution is -2.32. The summed E-state index contributed by atoms with van der Waals surface area (Å²) in [6.45, 7) is -0.417. The van der Waals surface area contributed by atoms with Gasteiger partial charge in [0, 0.05) is 36.6 Å². The number of hydrogen-bond donors (Lipinski definition) is 7. The van der Waals surface area contributed by atoms with Gasteiger partial charge in [-0.2, -0.15) is 0 Å². The standard InChI is InChI=1S/C25H23N5O4.C18H19N5O4.2CH4O2.CH4O.CH4/c1-2-18-19(34-25(32)17-11-7-4-8-12-17)13-20(33-18)30-15-28-21-22(26-14-27-23(21)30)29-24(31)16-9-5-3-6-10-16;1-10(24)15-12(25)7-13(27-15)23-9-21-14-16(19-8-20-17(14)23)22-18(26)11-5-3-2-4-6-11;2*1-3-2;1-2;/h3-12,14-15,18-20H,2,13H2,1H3,(H,26,27,29,31);2-6,8-10,12-13,15,24-25H,7H2,1H3,(H,19,20,22,26);2*2H,1H3;2H,1H3;1H4/t18-,19?,20-;10?,12?,13-,15-;;;;/m11..../s1/i1T,2D;1T,24D;;;2T;1T/t2?,18-,19?,20-;m;;;;. The third-order valence-corrected chi connectivity index (χ3v) is 9.99. The van der Waals surface area contributed by atoms with Crippen molar-refractivity contribution in [3.8, 4) is 0 Å². The number of rotatable bonds is 11. The van der Waals surface area contributed by atoms with E-state index in [2.05, 4.69) is 60.5 Å². The highest BCUT2D eigenvalue weighted by Gasteiger charge is 2.40. The average Bonchev–Trinajstić information content (AvgIpc) is 4.28. The predicted octanol–water partition coefficient (Wildman–Crippen LogP) is 5.57. The quantitative estimate of drug-likeness (QED) is 0.0473. The molecule has 23 nitrogen and oxygen atoms in total. The van der Waals surface area contributed by atoms with Gasteiger partial charge >= 0.3 is 5.97 Å². The molecule has 2 fully saturated rings. The van der Waals surface area contributed by atoms with Crippen LogP contribution in [0.2, 0.25) is 0 Å². The minimum atomic E-state index is -0.909. The van der Waals surface area contributed by atoms with Crippen molar-refractivity contribution in [1.82, 2.24) is 39.0 Å². The third-order valence-electron chi connectivity index (χ3n) is 9.99. The molecule has 2 aliphatic rings. The molecule has 2 amide bonds. The molecule has 4 unspecified atom stereocenters. The first-order chi connectivity index (χ1) is 36.9. The number of nitrogens with zero attached hydrogens (tertiary/aromatic N) is 8. The molecule has 3 aromatic carbocycles. The van der Waals surface area contributed by atoms with Crippen molar-refractivity contribution in [3.63, 3.8) is 0 Å². The average molecular weight is 981 g/mol. The zero-order valence-electron chi connectivity index (χ0n) is 44.4. The number of aliphatic hydroxyl groups is 3. The van der Waals surface area contributed by atoms with Crippen molar-refractivity contribution in [2.45, 2.75) is 83.4 Å². The maximum absolute atomic E-state index is 12.7. The van der Waals surface area contributed by atoms with E-state index in [1.165, 1.54) is 54.0 Å². The minimum Gasteiger partial charge on any atom is -0.456 e. The van der Waals surface area contributed by atoms with Crippen LogP contribution in [0.1, 0.15) is 89.5 Å². The number of benzene rings is 3. The lowest BCUT2D eigenvalue weighted by Gasteiger charge is -2.17. The lowest BCUT2D eigenvalue weighted by molar-refractivity contribution is -0.215. The SMILES string of the molecule is COO.COO.[2H]C(C[3H])[C@H]1O[C@@H](n2cnc3c(NC(=O)c4ccccc4)ncnc32)CC1OC(=O)c1ccccc1.[2H]OC(C[3H])[C@H]1O[C@@H](n2cnc3c(NC(=O)c4ccccc4)ncnc32)CC1O.[3H]C.[3H]OC. The molecule has 0 spiro atoms. The van der Waals surface area contributed by atoms with Crippen LogP contribution in [0.3, 0.4) is 0 Å². The van der Waals surface area contributed by atoms with E-state index in [9.17, 15) is 19.5 Å². The summed E-state index contributed by atoms with van der Waals surface area (Å²) in [6, 6.07) is 26.1. The second kappa shape index (κ2) is 27.7. The van der Waals surface area contributed by atoms with Gasteiger partial charge in [0.05, 0.1) is 50.7 Å². The number of carbonyl (C=O) groups excluding carboxylic acids is 3. The summed E-state index contributed by atoms with van der Waals surface area (Å²) < 4.78 is 62.8. The summed E-state index contributed by atoms with van der Waals surface area (Å²) in [4.78, 5) is 69.7. The molecule has 4 aromatic heterocycles. The molecular formula is C47H58N10O13. The van der Waals surface area contributed by atoms with E-state index in [-0.39, 0.29) is 50.1 Å². The molecule has 7 N–H and O–H groups in total. The summed E-state index contributed by atoms with van der Waals surface area (Å²) in [5.41, 5.74) is 2.95. The summed E-state index contributed by atoms with van der Waals surface area (Å²) >= 11 is 0. The highest BCUT2D eigenvalue weighted by Crippen LogP contribution is 2.36. The predicted molar refractivity (Wildman–Crippen MR) is 254 cm³/mol. The molecule has 70 heavy (non-hydrogen) atoms. The van der Waals surface area contributed by atoms with E-state index in [1.807, 2.05) is 12.1 Å². The Morgan fingerprint density at radius 2 is 1.26 bits per heavy atom. The van der Waals surface area contributed by atoms with E-state index >= 15 is 0 Å². The Hall–Kier alpha value is -7.19. The Morgan fingerprint density at radius 1 is 0.800 bits per heavy atom. The molecule has 8 atom stereocenters. The highest BCUT2D eigenvalue weighted by molar-refractivity contribution is 6.07. The zero-order valence-corrected chi connectivity index (χ0v) is 38.4. The van der Waals surface area contributed by atoms with Crippen LogP contribution in [-0.4, -0.2) is 137 Å². The van der Waals surface area contributed by atoms with Crippen LogP contribution >= 0.6 is 0 Å². The third kappa shape index (κ3) is 14.0. The van der Waals surface area contributed by atoms with Crippen LogP contribution in [-0.2, 0) is 24.0 Å². The maximum atomic E-state index is 12.7. The van der Waals surface area contributed by atoms with E-state index in [4.69, 9.17) is 33.1 Å². The second-order valence-corrected chi connectivity index (χ2v) is 14.3. The van der Waals surface area contributed by atoms with Gasteiger partial charge in [0.1, 0.15) is 37.3 Å². The molecular weight excluding hydrogens is 913 g/mol. The van der Waals surface area contributed by atoms with Gasteiger partial charge < -0.3 is 40.2 Å². The van der Waals surface area contributed by atoms with Gasteiger partial charge in [-0.15, -0.1) is 0 Å². The Bertz CT molecular complexity index is 2810. The molecule has 0 saturated carbocycles. The Labute approximate surface area is 411 Å². The van der Waals surface area contributed by atoms with Gasteiger partial charge in [0.2, 0.25) is 2.86 Å². The molecule has 9 rings (SSSR count). The van der Waals surface area contributed by atoms with Gasteiger partial charge in [0.15, 0.2) is 34.0 Å². The Morgan fingerprint density at radius 3 is 1.70 bits per heavy atom. The number of fused-ring (bicyclic) bond motifs is 2. The van der Waals surface area contributed by atoms with Gasteiger partial charge in [0.25, 0.3) is 11.8 Å². The van der Waals surface area contributed by atoms with Crippen LogP contribution < -0.4 is 10.6 Å². The number of ether oxygens (including phenoxy) is 3. The van der Waals surface area contributed by atoms with Crippen molar-refractivity contribution in [3.05, 3.63) is 133 Å². The lowest BCUT2D eigenvalue weighted by atomic mass is 10.1. The fraction of sp³-hybridized carbons (Fsp3) is 0.340. The number of carbonyl (C=O) groups is 3. The number of aromatic nitrogens is 8. The molecule has 0 aliphatic carbocycles. The fourth-order valence-electron chi connectivity index (χ4n) is 6.97. The van der Waals surface area contributed by atoms with E-state index < -0.39 is 55.3 Å². The van der Waals surface area contributed by atoms with Crippen molar-refractivity contribution in [2.24, 2.45) is 0 Å². The first-order valence-electron chi connectivity index (χ1n) is 24.5. The molecule has 0 radical (unpaired) electrons. The molecule has 374 valence electrons. The normalized spacial score (nSPS) is 20.7. The van der Waals surface area contributed by atoms with Crippen molar-refractivity contribution < 1.29 is 69.7 Å². The van der Waals surface area contributed by atoms with Gasteiger partial charge in [-0.05, 0) is 49.7 Å². The number of aliphatic hydroxyl groups excluding tert-OH is 3. The van der Waals surface area contributed by atoms with E-state index in [0.717, 1.165) is 0 Å². The highest BCUT2D eigenvalue weighted by atomic mass is 17.1. The van der Waals surface area contributed by atoms with Crippen LogP contribution in [0, 0.1) is 0 Å². The van der Waals surface area contributed by atoms with Crippen molar-refractivity contribution >= 4 is 51.7 Å². The van der Waals surface area contributed by atoms with Crippen molar-refractivity contribution in [2.75, 3.05) is 32.0 Å². The Balaban J connectivity index is 0.000000281. The topological polar surface area (TPSA) is 310 Å². The Kier molecular flexibility index (Phi) is 18.4. The molecule has 6 heterocycles. The van der Waals surface area contributed by atoms with Crippen molar-refractivity contribution in [1.29, 1.82) is 2.86 Å². The number of esters is 1. The number of nitrogens with one attached hydrogen (secondary N) is 2. The molecule has 0 bridgehead atoms. The number of imidazole rings is 2. The number of amides is 2. The van der Waals surface area contributed by atoms with Crippen LogP contribution in [0.25, 0.3) is 22.3 Å². The van der Waals surface area contributed by atoms with Gasteiger partial charge in [-0.3, -0.25) is 29.2 Å². The molecule has 23 heteroatoms. The largest absolute Gasteiger partial charge is 0.456 e. The summed E-state index contributed by atoms with van der Waals surface area (Å²) in [5.74, 6) is -0.660. The summed E-state index contributed by atoms with van der Waals surface area (Å²) in [5, 5.41) is 37.9. The monoisotopic (exact) mass is 980 g/mol. The smallest absolute Gasteiger partial charge is 0.338 e. The van der Waals surface area contributed by atoms with Crippen LogP contribution in [0.15, 0.2) is 116 Å². The first-order valence-corrected chi connectivity index (χ1v) is 20.7. The molecule has 7 aromatic rings. The van der Waals surface area contributed by atoms with E-state index in [0.29, 0.717) is 39.0 Å². The zero-order chi connectivity index (χ0) is 55.6. The van der Waals surface area contributed by atoms with Gasteiger partial charge in [-0.1, -0.05) is 68.9 Å². The number of anilines is 2. The summed E-state index contributed by atoms with van der Waals surface area (Å²) in [7, 11) is 4.90. The summed E-state index contributed by atoms with van der Waals surface area (Å²) in [6.07, 6.45) is -0.111. The fourth-order valence-corrected chi connectivity index (χ4v) is 6.97. The van der Waals surface area contributed by atoms with Gasteiger partial charge in [-0.25, -0.2) is 44.5 Å². The first kappa shape index (κ1) is 46.5. The molecule has 2 aliphatic heterocycles. The van der Waals surface area contributed by atoms with Crippen LogP contribution in [0.4, 0.5) is 11.6 Å². The molecule has 2 saturated heterocycles. The number of hydrogen-bond acceptors (Lipinski definition) is 19. The van der Waals surface area contributed by atoms with E-state index in [1.54, 1.807) is 88.0 Å². The maximum Gasteiger partial charge on any atom is 0.338 e. The minimum absolute atomic E-state index is 0.208.